The molecule has 1 aromatic carbocycles. The third-order valence-electron chi connectivity index (χ3n) is 4.93. The minimum atomic E-state index is -0.0415. The molecule has 112 valence electrons. The first-order valence-corrected chi connectivity index (χ1v) is 7.86. The number of hydrogen-bond acceptors (Lipinski definition) is 4. The summed E-state index contributed by atoms with van der Waals surface area (Å²) in [5, 5.41) is 3.66. The summed E-state index contributed by atoms with van der Waals surface area (Å²) in [5.41, 5.74) is 8.91. The van der Waals surface area contributed by atoms with E-state index in [-0.39, 0.29) is 5.54 Å². The quantitative estimate of drug-likeness (QED) is 0.908. The van der Waals surface area contributed by atoms with Gasteiger partial charge in [0.25, 0.3) is 0 Å². The molecule has 0 saturated heterocycles. The van der Waals surface area contributed by atoms with Gasteiger partial charge in [0.15, 0.2) is 0 Å². The Morgan fingerprint density at radius 1 is 1.24 bits per heavy atom. The highest BCUT2D eigenvalue weighted by atomic mass is 15.1. The lowest BCUT2D eigenvalue weighted by atomic mass is 9.73. The van der Waals surface area contributed by atoms with Gasteiger partial charge in [0.05, 0.1) is 22.3 Å². The smallest absolute Gasteiger partial charge is 0.148 e. The second-order valence-electron chi connectivity index (χ2n) is 6.28. The molecule has 21 heavy (non-hydrogen) atoms. The van der Waals surface area contributed by atoms with Crippen LogP contribution in [0.25, 0.3) is 11.0 Å². The van der Waals surface area contributed by atoms with Gasteiger partial charge >= 0.3 is 0 Å². The average molecular weight is 284 g/mol. The van der Waals surface area contributed by atoms with E-state index in [2.05, 4.69) is 17.2 Å². The fraction of sp³-hybridized carbons (Fsp3) is 0.529. The molecule has 0 bridgehead atoms. The number of rotatable bonds is 3. The summed E-state index contributed by atoms with van der Waals surface area (Å²) in [6, 6.07) is 8.00. The predicted octanol–water partition coefficient (Wildman–Crippen LogP) is 3.26. The molecule has 4 heteroatoms. The SMILES string of the molecule is Cc1nc2ccccc2nc1NC1(CN)CCCCC1C. The summed E-state index contributed by atoms with van der Waals surface area (Å²) >= 11 is 0. The lowest BCUT2D eigenvalue weighted by Gasteiger charge is -2.43. The molecule has 2 atom stereocenters. The van der Waals surface area contributed by atoms with Crippen LogP contribution < -0.4 is 11.1 Å². The molecule has 1 aliphatic rings. The Kier molecular flexibility index (Phi) is 3.81. The minimum absolute atomic E-state index is 0.0415. The maximum Gasteiger partial charge on any atom is 0.148 e. The number of hydrogen-bond donors (Lipinski definition) is 2. The van der Waals surface area contributed by atoms with E-state index in [1.165, 1.54) is 19.3 Å². The maximum atomic E-state index is 6.13. The van der Waals surface area contributed by atoms with Crippen LogP contribution in [0.1, 0.15) is 38.3 Å². The van der Waals surface area contributed by atoms with E-state index in [1.807, 2.05) is 31.2 Å². The van der Waals surface area contributed by atoms with Gasteiger partial charge in [0.1, 0.15) is 5.82 Å². The number of benzene rings is 1. The Bertz CT molecular complexity index is 640. The highest BCUT2D eigenvalue weighted by molar-refractivity contribution is 5.76. The zero-order valence-corrected chi connectivity index (χ0v) is 12.9. The normalized spacial score (nSPS) is 26.0. The highest BCUT2D eigenvalue weighted by Crippen LogP contribution is 2.36. The van der Waals surface area contributed by atoms with Crippen molar-refractivity contribution in [2.24, 2.45) is 11.7 Å². The Balaban J connectivity index is 1.98. The zero-order chi connectivity index (χ0) is 14.9. The van der Waals surface area contributed by atoms with Crippen LogP contribution in [-0.4, -0.2) is 22.1 Å². The molecule has 2 aromatic rings. The molecule has 0 radical (unpaired) electrons. The van der Waals surface area contributed by atoms with Crippen LogP contribution in [0.3, 0.4) is 0 Å². The van der Waals surface area contributed by atoms with E-state index in [0.29, 0.717) is 12.5 Å². The molecule has 1 heterocycles. The molecular formula is C17H24N4. The molecule has 1 fully saturated rings. The second-order valence-corrected chi connectivity index (χ2v) is 6.28. The van der Waals surface area contributed by atoms with Gasteiger partial charge in [-0.1, -0.05) is 31.9 Å². The third kappa shape index (κ3) is 2.60. The van der Waals surface area contributed by atoms with Gasteiger partial charge < -0.3 is 11.1 Å². The first-order valence-electron chi connectivity index (χ1n) is 7.86. The summed E-state index contributed by atoms with van der Waals surface area (Å²) < 4.78 is 0. The molecule has 0 spiro atoms. The number of nitrogens with two attached hydrogens (primary N) is 1. The van der Waals surface area contributed by atoms with Gasteiger partial charge in [-0.25, -0.2) is 9.97 Å². The molecule has 0 aliphatic heterocycles. The van der Waals surface area contributed by atoms with Gasteiger partial charge in [-0.3, -0.25) is 0 Å². The molecule has 1 aliphatic carbocycles. The van der Waals surface area contributed by atoms with Gasteiger partial charge in [-0.2, -0.15) is 0 Å². The summed E-state index contributed by atoms with van der Waals surface area (Å²) in [6.07, 6.45) is 4.87. The molecule has 1 aromatic heterocycles. The van der Waals surface area contributed by atoms with Crippen LogP contribution in [0.2, 0.25) is 0 Å². The van der Waals surface area contributed by atoms with Crippen LogP contribution in [0.5, 0.6) is 0 Å². The number of aryl methyl sites for hydroxylation is 1. The largest absolute Gasteiger partial charge is 0.362 e. The van der Waals surface area contributed by atoms with E-state index in [0.717, 1.165) is 29.0 Å². The lowest BCUT2D eigenvalue weighted by molar-refractivity contribution is 0.235. The summed E-state index contributed by atoms with van der Waals surface area (Å²) in [7, 11) is 0. The number of aromatic nitrogens is 2. The topological polar surface area (TPSA) is 63.8 Å². The lowest BCUT2D eigenvalue weighted by Crippen LogP contribution is -2.52. The fourth-order valence-electron chi connectivity index (χ4n) is 3.40. The van der Waals surface area contributed by atoms with Crippen molar-refractivity contribution >= 4 is 16.9 Å². The summed E-state index contributed by atoms with van der Waals surface area (Å²) in [4.78, 5) is 9.43. The molecule has 3 rings (SSSR count). The molecule has 2 unspecified atom stereocenters. The van der Waals surface area contributed by atoms with Gasteiger partial charge in [0.2, 0.25) is 0 Å². The fourth-order valence-corrected chi connectivity index (χ4v) is 3.40. The van der Waals surface area contributed by atoms with E-state index in [4.69, 9.17) is 10.7 Å². The van der Waals surface area contributed by atoms with E-state index in [1.54, 1.807) is 0 Å². The Labute approximate surface area is 126 Å². The third-order valence-corrected chi connectivity index (χ3v) is 4.93. The van der Waals surface area contributed by atoms with Crippen molar-refractivity contribution in [1.29, 1.82) is 0 Å². The zero-order valence-electron chi connectivity index (χ0n) is 12.9. The van der Waals surface area contributed by atoms with Crippen LogP contribution >= 0.6 is 0 Å². The van der Waals surface area contributed by atoms with E-state index < -0.39 is 0 Å². The van der Waals surface area contributed by atoms with E-state index in [9.17, 15) is 0 Å². The monoisotopic (exact) mass is 284 g/mol. The number of fused-ring (bicyclic) bond motifs is 1. The molecular weight excluding hydrogens is 260 g/mol. The van der Waals surface area contributed by atoms with Crippen molar-refractivity contribution in [2.45, 2.75) is 45.1 Å². The Morgan fingerprint density at radius 2 is 1.95 bits per heavy atom. The first-order chi connectivity index (χ1) is 10.1. The van der Waals surface area contributed by atoms with Crippen molar-refractivity contribution in [3.05, 3.63) is 30.0 Å². The molecule has 1 saturated carbocycles. The van der Waals surface area contributed by atoms with Crippen LogP contribution in [0.4, 0.5) is 5.82 Å². The van der Waals surface area contributed by atoms with Gasteiger partial charge in [-0.15, -0.1) is 0 Å². The van der Waals surface area contributed by atoms with Crippen molar-refractivity contribution in [3.8, 4) is 0 Å². The van der Waals surface area contributed by atoms with Crippen molar-refractivity contribution in [1.82, 2.24) is 9.97 Å². The van der Waals surface area contributed by atoms with Crippen LogP contribution in [-0.2, 0) is 0 Å². The standard InChI is InChI=1S/C17H24N4/c1-12-7-5-6-10-17(12,11-18)21-16-13(2)19-14-8-3-4-9-15(14)20-16/h3-4,8-9,12H,5-7,10-11,18H2,1-2H3,(H,20,21). The van der Waals surface area contributed by atoms with Crippen LogP contribution in [0.15, 0.2) is 24.3 Å². The second kappa shape index (κ2) is 5.60. The van der Waals surface area contributed by atoms with Gasteiger partial charge in [-0.05, 0) is 37.8 Å². The van der Waals surface area contributed by atoms with E-state index >= 15 is 0 Å². The van der Waals surface area contributed by atoms with Crippen molar-refractivity contribution < 1.29 is 0 Å². The molecule has 0 amide bonds. The molecule has 4 nitrogen and oxygen atoms in total. The number of nitrogens with zero attached hydrogens (tertiary/aromatic N) is 2. The number of nitrogens with one attached hydrogen (secondary N) is 1. The van der Waals surface area contributed by atoms with Gasteiger partial charge in [0, 0.05) is 6.54 Å². The van der Waals surface area contributed by atoms with Crippen molar-refractivity contribution in [3.63, 3.8) is 0 Å². The summed E-state index contributed by atoms with van der Waals surface area (Å²) in [6.45, 7) is 4.95. The maximum absolute atomic E-state index is 6.13. The van der Waals surface area contributed by atoms with Crippen molar-refractivity contribution in [2.75, 3.05) is 11.9 Å². The number of anilines is 1. The predicted molar refractivity (Wildman–Crippen MR) is 87.3 cm³/mol. The van der Waals surface area contributed by atoms with Crippen LogP contribution in [0, 0.1) is 12.8 Å². The Hall–Kier alpha value is -1.68. The average Bonchev–Trinajstić information content (AvgIpc) is 2.50. The number of para-hydroxylation sites is 2. The first kappa shape index (κ1) is 14.3. The minimum Gasteiger partial charge on any atom is -0.362 e. The molecule has 3 N–H and O–H groups in total. The Morgan fingerprint density at radius 3 is 2.62 bits per heavy atom. The highest BCUT2D eigenvalue weighted by Gasteiger charge is 2.37. The summed E-state index contributed by atoms with van der Waals surface area (Å²) in [5.74, 6) is 1.44.